The average molecular weight is 358 g/mol. The highest BCUT2D eigenvalue weighted by Gasteiger charge is 2.15. The molecular formula is C19H16ClNO4. The molecule has 0 aliphatic heterocycles. The molecule has 1 aromatic heterocycles. The Morgan fingerprint density at radius 1 is 1.16 bits per heavy atom. The quantitative estimate of drug-likeness (QED) is 0.757. The van der Waals surface area contributed by atoms with Gasteiger partial charge in [-0.15, -0.1) is 0 Å². The first-order valence-electron chi connectivity index (χ1n) is 7.59. The van der Waals surface area contributed by atoms with Crippen LogP contribution < -0.4 is 15.5 Å². The Labute approximate surface area is 149 Å². The van der Waals surface area contributed by atoms with Gasteiger partial charge >= 0.3 is 0 Å². The van der Waals surface area contributed by atoms with Crippen LogP contribution in [0.4, 0.5) is 5.69 Å². The summed E-state index contributed by atoms with van der Waals surface area (Å²) < 4.78 is 10.8. The molecule has 0 fully saturated rings. The molecule has 0 spiro atoms. The van der Waals surface area contributed by atoms with Crippen LogP contribution in [0.5, 0.6) is 5.75 Å². The zero-order valence-electron chi connectivity index (χ0n) is 14.0. The second-order valence-electron chi connectivity index (χ2n) is 5.66. The Kier molecular flexibility index (Phi) is 4.51. The second-order valence-corrected chi connectivity index (χ2v) is 6.07. The number of carbonyl (C=O) groups is 1. The number of hydrogen-bond donors (Lipinski definition) is 1. The maximum absolute atomic E-state index is 12.5. The summed E-state index contributed by atoms with van der Waals surface area (Å²) >= 11 is 6.05. The molecular weight excluding hydrogens is 342 g/mol. The van der Waals surface area contributed by atoms with E-state index in [0.717, 1.165) is 11.1 Å². The summed E-state index contributed by atoms with van der Waals surface area (Å²) in [6, 6.07) is 9.60. The van der Waals surface area contributed by atoms with Crippen LogP contribution in [-0.4, -0.2) is 13.0 Å². The fourth-order valence-corrected chi connectivity index (χ4v) is 2.76. The van der Waals surface area contributed by atoms with Gasteiger partial charge in [-0.2, -0.15) is 0 Å². The predicted octanol–water partition coefficient (Wildman–Crippen LogP) is 4.32. The van der Waals surface area contributed by atoms with Gasteiger partial charge in [0, 0.05) is 11.8 Å². The highest BCUT2D eigenvalue weighted by atomic mass is 35.5. The van der Waals surface area contributed by atoms with Crippen LogP contribution in [0.3, 0.4) is 0 Å². The molecule has 0 bridgehead atoms. The number of nitrogens with one attached hydrogen (secondary N) is 1. The van der Waals surface area contributed by atoms with Crippen LogP contribution in [-0.2, 0) is 0 Å². The van der Waals surface area contributed by atoms with E-state index in [1.807, 2.05) is 19.9 Å². The van der Waals surface area contributed by atoms with E-state index in [1.54, 1.807) is 24.3 Å². The number of benzene rings is 2. The number of halogens is 1. The van der Waals surface area contributed by atoms with Gasteiger partial charge in [0.1, 0.15) is 11.3 Å². The Morgan fingerprint density at radius 3 is 2.60 bits per heavy atom. The Morgan fingerprint density at radius 2 is 1.92 bits per heavy atom. The van der Waals surface area contributed by atoms with Crippen molar-refractivity contribution in [2.45, 2.75) is 13.8 Å². The second kappa shape index (κ2) is 6.61. The number of amides is 1. The first-order chi connectivity index (χ1) is 11.9. The van der Waals surface area contributed by atoms with Gasteiger partial charge in [0.25, 0.3) is 5.91 Å². The van der Waals surface area contributed by atoms with Crippen molar-refractivity contribution in [3.05, 3.63) is 68.5 Å². The van der Waals surface area contributed by atoms with E-state index in [-0.39, 0.29) is 11.2 Å². The summed E-state index contributed by atoms with van der Waals surface area (Å²) in [5.74, 6) is -0.0812. The summed E-state index contributed by atoms with van der Waals surface area (Å²) in [6.45, 7) is 3.77. The Bertz CT molecular complexity index is 1040. The van der Waals surface area contributed by atoms with Crippen LogP contribution in [0.1, 0.15) is 21.7 Å². The van der Waals surface area contributed by atoms with Gasteiger partial charge in [-0.3, -0.25) is 9.59 Å². The van der Waals surface area contributed by atoms with E-state index in [1.165, 1.54) is 13.2 Å². The van der Waals surface area contributed by atoms with Crippen molar-refractivity contribution in [2.75, 3.05) is 12.4 Å². The van der Waals surface area contributed by atoms with E-state index in [9.17, 15) is 9.59 Å². The maximum atomic E-state index is 12.5. The normalized spacial score (nSPS) is 10.7. The lowest BCUT2D eigenvalue weighted by Crippen LogP contribution is -2.15. The molecule has 0 atom stereocenters. The molecule has 25 heavy (non-hydrogen) atoms. The third kappa shape index (κ3) is 3.23. The van der Waals surface area contributed by atoms with Crippen molar-refractivity contribution in [2.24, 2.45) is 0 Å². The summed E-state index contributed by atoms with van der Waals surface area (Å²) in [4.78, 5) is 24.7. The number of rotatable bonds is 3. The van der Waals surface area contributed by atoms with Crippen molar-refractivity contribution >= 4 is 34.2 Å². The molecule has 1 amide bonds. The molecule has 0 aliphatic carbocycles. The zero-order valence-corrected chi connectivity index (χ0v) is 14.7. The topological polar surface area (TPSA) is 68.5 Å². The SMILES string of the molecule is COc1ccc(NC(=O)c2cc(=O)c3ccc(C)c(C)c3o2)cc1Cl. The fraction of sp³-hybridized carbons (Fsp3) is 0.158. The molecule has 0 saturated carbocycles. The van der Waals surface area contributed by atoms with Crippen molar-refractivity contribution < 1.29 is 13.9 Å². The van der Waals surface area contributed by atoms with Crippen molar-refractivity contribution in [1.29, 1.82) is 0 Å². The lowest BCUT2D eigenvalue weighted by Gasteiger charge is -2.09. The lowest BCUT2D eigenvalue weighted by atomic mass is 10.1. The molecule has 0 unspecified atom stereocenters. The first kappa shape index (κ1) is 17.0. The minimum Gasteiger partial charge on any atom is -0.495 e. The van der Waals surface area contributed by atoms with Crippen molar-refractivity contribution in [3.63, 3.8) is 0 Å². The highest BCUT2D eigenvalue weighted by molar-refractivity contribution is 6.32. The Balaban J connectivity index is 1.98. The molecule has 0 aliphatic rings. The monoisotopic (exact) mass is 357 g/mol. The lowest BCUT2D eigenvalue weighted by molar-refractivity contribution is 0.0997. The van der Waals surface area contributed by atoms with E-state index >= 15 is 0 Å². The number of methoxy groups -OCH3 is 1. The van der Waals surface area contributed by atoms with Crippen LogP contribution in [0.2, 0.25) is 5.02 Å². The molecule has 3 rings (SSSR count). The number of fused-ring (bicyclic) bond motifs is 1. The van der Waals surface area contributed by atoms with Crippen LogP contribution in [0.25, 0.3) is 11.0 Å². The van der Waals surface area contributed by atoms with Crippen LogP contribution in [0, 0.1) is 13.8 Å². The van der Waals surface area contributed by atoms with Crippen LogP contribution in [0.15, 0.2) is 45.6 Å². The third-order valence-electron chi connectivity index (χ3n) is 4.05. The van der Waals surface area contributed by atoms with Crippen molar-refractivity contribution in [3.8, 4) is 5.75 Å². The molecule has 6 heteroatoms. The highest BCUT2D eigenvalue weighted by Crippen LogP contribution is 2.27. The molecule has 1 heterocycles. The summed E-state index contributed by atoms with van der Waals surface area (Å²) in [5, 5.41) is 3.48. The largest absolute Gasteiger partial charge is 0.495 e. The van der Waals surface area contributed by atoms with Gasteiger partial charge in [-0.05, 0) is 49.2 Å². The molecule has 3 aromatic rings. The van der Waals surface area contributed by atoms with Crippen LogP contribution >= 0.6 is 11.6 Å². The molecule has 0 radical (unpaired) electrons. The average Bonchev–Trinajstić information content (AvgIpc) is 2.58. The number of carbonyl (C=O) groups excluding carboxylic acids is 1. The fourth-order valence-electron chi connectivity index (χ4n) is 2.50. The minimum atomic E-state index is -0.527. The number of aryl methyl sites for hydroxylation is 2. The Hall–Kier alpha value is -2.79. The van der Waals surface area contributed by atoms with E-state index in [0.29, 0.717) is 27.4 Å². The summed E-state index contributed by atoms with van der Waals surface area (Å²) in [7, 11) is 1.51. The summed E-state index contributed by atoms with van der Waals surface area (Å²) in [6.07, 6.45) is 0. The number of ether oxygens (including phenoxy) is 1. The molecule has 128 valence electrons. The number of hydrogen-bond acceptors (Lipinski definition) is 4. The van der Waals surface area contributed by atoms with Gasteiger partial charge < -0.3 is 14.5 Å². The molecule has 0 saturated heterocycles. The van der Waals surface area contributed by atoms with E-state index < -0.39 is 5.91 Å². The van der Waals surface area contributed by atoms with Gasteiger partial charge in [0.15, 0.2) is 11.2 Å². The first-order valence-corrected chi connectivity index (χ1v) is 7.97. The van der Waals surface area contributed by atoms with Gasteiger partial charge in [-0.1, -0.05) is 17.7 Å². The summed E-state index contributed by atoms with van der Waals surface area (Å²) in [5.41, 5.74) is 2.44. The number of anilines is 1. The van der Waals surface area contributed by atoms with E-state index in [4.69, 9.17) is 20.8 Å². The van der Waals surface area contributed by atoms with Crippen molar-refractivity contribution in [1.82, 2.24) is 0 Å². The molecule has 1 N–H and O–H groups in total. The predicted molar refractivity (Wildman–Crippen MR) is 97.9 cm³/mol. The van der Waals surface area contributed by atoms with E-state index in [2.05, 4.69) is 5.32 Å². The van der Waals surface area contributed by atoms with Gasteiger partial charge in [-0.25, -0.2) is 0 Å². The van der Waals surface area contributed by atoms with Gasteiger partial charge in [0.05, 0.1) is 17.5 Å². The zero-order chi connectivity index (χ0) is 18.1. The third-order valence-corrected chi connectivity index (χ3v) is 4.35. The molecule has 5 nitrogen and oxygen atoms in total. The maximum Gasteiger partial charge on any atom is 0.291 e. The minimum absolute atomic E-state index is 0.0573. The van der Waals surface area contributed by atoms with Gasteiger partial charge in [0.2, 0.25) is 0 Å². The standard InChI is InChI=1S/C19H16ClNO4/c1-10-4-6-13-15(22)9-17(25-18(13)11(10)2)19(23)21-12-5-7-16(24-3)14(20)8-12/h4-9H,1-3H3,(H,21,23). The smallest absolute Gasteiger partial charge is 0.291 e. The molecule has 2 aromatic carbocycles.